The van der Waals surface area contributed by atoms with E-state index < -0.39 is 0 Å². The Balaban J connectivity index is 2.29. The van der Waals surface area contributed by atoms with Crippen LogP contribution in [0.3, 0.4) is 0 Å². The zero-order chi connectivity index (χ0) is 14.1. The van der Waals surface area contributed by atoms with Crippen molar-refractivity contribution in [1.29, 1.82) is 0 Å². The van der Waals surface area contributed by atoms with Crippen LogP contribution in [0.2, 0.25) is 0 Å². The summed E-state index contributed by atoms with van der Waals surface area (Å²) in [4.78, 5) is 13.1. The maximum absolute atomic E-state index is 11.8. The summed E-state index contributed by atoms with van der Waals surface area (Å²) in [6.45, 7) is 2.11. The number of thiophene rings is 1. The van der Waals surface area contributed by atoms with Crippen LogP contribution in [0.5, 0.6) is 5.75 Å². The molecule has 0 atom stereocenters. The lowest BCUT2D eigenvalue weighted by molar-refractivity contribution is 0.411. The molecule has 0 aliphatic heterocycles. The van der Waals surface area contributed by atoms with Crippen LogP contribution in [0.1, 0.15) is 4.88 Å². The molecular formula is C17H14O2S. The highest BCUT2D eigenvalue weighted by atomic mass is 32.1. The quantitative estimate of drug-likeness (QED) is 0.702. The van der Waals surface area contributed by atoms with E-state index >= 15 is 0 Å². The van der Waals surface area contributed by atoms with Crippen LogP contribution in [0.15, 0.2) is 53.3 Å². The number of benzene rings is 1. The Kier molecular flexibility index (Phi) is 3.28. The topological polar surface area (TPSA) is 26.3 Å². The summed E-state index contributed by atoms with van der Waals surface area (Å²) in [6, 6.07) is 15.5. The van der Waals surface area contributed by atoms with E-state index in [1.807, 2.05) is 24.3 Å². The molecular weight excluding hydrogens is 268 g/mol. The Morgan fingerprint density at radius 1 is 1.00 bits per heavy atom. The molecule has 0 N–H and O–H groups in total. The third-order valence-electron chi connectivity index (χ3n) is 3.35. The summed E-state index contributed by atoms with van der Waals surface area (Å²) in [5.74, 6) is 0.369. The lowest BCUT2D eigenvalue weighted by Gasteiger charge is -1.99. The van der Waals surface area contributed by atoms with Crippen LogP contribution in [0.4, 0.5) is 0 Å². The first kappa shape index (κ1) is 12.9. The molecule has 0 unspecified atom stereocenters. The van der Waals surface area contributed by atoms with Gasteiger partial charge in [-0.1, -0.05) is 30.3 Å². The first-order valence-electron chi connectivity index (χ1n) is 6.37. The van der Waals surface area contributed by atoms with Gasteiger partial charge in [0.05, 0.1) is 7.11 Å². The lowest BCUT2D eigenvalue weighted by atomic mass is 10.0. The van der Waals surface area contributed by atoms with Crippen LogP contribution in [-0.4, -0.2) is 7.11 Å². The van der Waals surface area contributed by atoms with Crippen molar-refractivity contribution in [2.75, 3.05) is 7.11 Å². The number of hydrogen-bond acceptors (Lipinski definition) is 3. The Hall–Kier alpha value is -2.13. The van der Waals surface area contributed by atoms with Crippen molar-refractivity contribution in [1.82, 2.24) is 0 Å². The molecule has 0 aliphatic rings. The van der Waals surface area contributed by atoms with Gasteiger partial charge in [0.1, 0.15) is 0 Å². The molecule has 0 radical (unpaired) electrons. The average molecular weight is 282 g/mol. The first-order chi connectivity index (χ1) is 9.70. The van der Waals surface area contributed by atoms with Crippen LogP contribution in [0, 0.1) is 6.92 Å². The summed E-state index contributed by atoms with van der Waals surface area (Å²) in [6.07, 6.45) is 0. The monoisotopic (exact) mass is 282 g/mol. The van der Waals surface area contributed by atoms with Crippen molar-refractivity contribution in [3.63, 3.8) is 0 Å². The van der Waals surface area contributed by atoms with E-state index in [9.17, 15) is 4.79 Å². The molecule has 0 saturated heterocycles. The van der Waals surface area contributed by atoms with Gasteiger partial charge in [-0.15, -0.1) is 11.3 Å². The second kappa shape index (κ2) is 5.10. The van der Waals surface area contributed by atoms with Gasteiger partial charge in [0.25, 0.3) is 0 Å². The van der Waals surface area contributed by atoms with Crippen molar-refractivity contribution in [3.8, 4) is 16.9 Å². The predicted molar refractivity (Wildman–Crippen MR) is 84.8 cm³/mol. The van der Waals surface area contributed by atoms with Gasteiger partial charge in [0.15, 0.2) is 5.75 Å². The largest absolute Gasteiger partial charge is 0.493 e. The van der Waals surface area contributed by atoms with Crippen molar-refractivity contribution >= 4 is 21.4 Å². The van der Waals surface area contributed by atoms with Gasteiger partial charge in [-0.2, -0.15) is 0 Å². The van der Waals surface area contributed by atoms with Crippen molar-refractivity contribution in [3.05, 3.63) is 63.6 Å². The van der Waals surface area contributed by atoms with E-state index in [2.05, 4.69) is 19.1 Å². The number of methoxy groups -OCH3 is 1. The highest BCUT2D eigenvalue weighted by Gasteiger charge is 2.10. The van der Waals surface area contributed by atoms with Crippen molar-refractivity contribution in [2.24, 2.45) is 0 Å². The molecule has 3 rings (SSSR count). The SMILES string of the molecule is COc1ccc(-c2c(C)sc3ccccc23)ccc1=O. The Bertz CT molecular complexity index is 834. The van der Waals surface area contributed by atoms with Crippen molar-refractivity contribution in [2.45, 2.75) is 6.92 Å². The second-order valence-corrected chi connectivity index (χ2v) is 5.84. The number of aryl methyl sites for hydroxylation is 1. The summed E-state index contributed by atoms with van der Waals surface area (Å²) in [5, 5.41) is 1.23. The van der Waals surface area contributed by atoms with Crippen LogP contribution < -0.4 is 10.2 Å². The number of rotatable bonds is 2. The maximum atomic E-state index is 11.8. The fourth-order valence-corrected chi connectivity index (χ4v) is 3.50. The highest BCUT2D eigenvalue weighted by Crippen LogP contribution is 2.37. The minimum absolute atomic E-state index is 0.101. The molecule has 0 amide bonds. The Labute approximate surface area is 121 Å². The molecule has 0 spiro atoms. The summed E-state index contributed by atoms with van der Waals surface area (Å²) in [7, 11) is 1.52. The molecule has 3 heteroatoms. The molecule has 20 heavy (non-hydrogen) atoms. The minimum atomic E-state index is -0.101. The van der Waals surface area contributed by atoms with Gasteiger partial charge in [-0.05, 0) is 30.7 Å². The molecule has 0 fully saturated rings. The average Bonchev–Trinajstić information content (AvgIpc) is 2.67. The van der Waals surface area contributed by atoms with Gasteiger partial charge in [-0.25, -0.2) is 0 Å². The van der Waals surface area contributed by atoms with E-state index in [4.69, 9.17) is 4.74 Å². The van der Waals surface area contributed by atoms with E-state index in [0.29, 0.717) is 5.75 Å². The van der Waals surface area contributed by atoms with Gasteiger partial charge in [0.2, 0.25) is 5.43 Å². The Morgan fingerprint density at radius 3 is 2.55 bits per heavy atom. The molecule has 2 nitrogen and oxygen atoms in total. The van der Waals surface area contributed by atoms with E-state index in [1.165, 1.54) is 27.6 Å². The summed E-state index contributed by atoms with van der Waals surface area (Å²) < 4.78 is 6.35. The molecule has 0 saturated carbocycles. The molecule has 100 valence electrons. The molecule has 1 aromatic heterocycles. The highest BCUT2D eigenvalue weighted by molar-refractivity contribution is 7.19. The summed E-state index contributed by atoms with van der Waals surface area (Å²) >= 11 is 1.77. The minimum Gasteiger partial charge on any atom is -0.493 e. The first-order valence-corrected chi connectivity index (χ1v) is 7.19. The molecule has 1 heterocycles. The molecule has 2 aromatic carbocycles. The van der Waals surface area contributed by atoms with Crippen molar-refractivity contribution < 1.29 is 4.74 Å². The summed E-state index contributed by atoms with van der Waals surface area (Å²) in [5.41, 5.74) is 2.14. The van der Waals surface area contributed by atoms with Crippen LogP contribution in [0.25, 0.3) is 21.2 Å². The van der Waals surface area contributed by atoms with Gasteiger partial charge >= 0.3 is 0 Å². The number of ether oxygens (including phenoxy) is 1. The fourth-order valence-electron chi connectivity index (χ4n) is 2.41. The van der Waals surface area contributed by atoms with Gasteiger partial charge in [0, 0.05) is 20.5 Å². The second-order valence-electron chi connectivity index (χ2n) is 4.58. The smallest absolute Gasteiger partial charge is 0.220 e. The van der Waals surface area contributed by atoms with Crippen LogP contribution >= 0.6 is 11.3 Å². The van der Waals surface area contributed by atoms with Gasteiger partial charge in [-0.3, -0.25) is 4.79 Å². The Morgan fingerprint density at radius 2 is 1.75 bits per heavy atom. The third-order valence-corrected chi connectivity index (χ3v) is 4.44. The van der Waals surface area contributed by atoms with E-state index in [-0.39, 0.29) is 5.43 Å². The third kappa shape index (κ3) is 2.10. The fraction of sp³-hybridized carbons (Fsp3) is 0.118. The van der Waals surface area contributed by atoms with E-state index in [1.54, 1.807) is 23.5 Å². The van der Waals surface area contributed by atoms with Gasteiger partial charge < -0.3 is 4.74 Å². The van der Waals surface area contributed by atoms with Crippen LogP contribution in [-0.2, 0) is 0 Å². The molecule has 0 aliphatic carbocycles. The zero-order valence-electron chi connectivity index (χ0n) is 11.3. The van der Waals surface area contributed by atoms with E-state index in [0.717, 1.165) is 5.56 Å². The predicted octanol–water partition coefficient (Wildman–Crippen LogP) is 4.25. The molecule has 3 aromatic rings. The number of hydrogen-bond donors (Lipinski definition) is 0. The standard InChI is InChI=1S/C17H14O2S/c1-11-17(13-5-3-4-6-16(13)20-11)12-7-9-14(18)15(19-2)10-8-12/h3-10H,1-2H3. The molecule has 0 bridgehead atoms. The lowest BCUT2D eigenvalue weighted by Crippen LogP contribution is -1.98. The number of fused-ring (bicyclic) bond motifs is 1. The normalized spacial score (nSPS) is 10.7. The zero-order valence-corrected chi connectivity index (χ0v) is 12.2. The maximum Gasteiger partial charge on any atom is 0.220 e.